The van der Waals surface area contributed by atoms with Crippen molar-refractivity contribution in [1.29, 1.82) is 0 Å². The largest absolute Gasteiger partial charge is 0.385 e. The topological polar surface area (TPSA) is 163 Å². The average Bonchev–Trinajstić information content (AvgIpc) is 2.90. The van der Waals surface area contributed by atoms with E-state index in [4.69, 9.17) is 17.2 Å². The molecule has 7 N–H and O–H groups in total. The standard InChI is InChI=1S/C14H16N8O2/c15-11-10-13(20-14(17)19-11)22(7-18-10)6-9(23)5-21-3-1-2-8(4-21)12(16)24/h1-4,7,9,23H,5-6H2,(H5-,15,16,17,19,20,24)/p+1. The van der Waals surface area contributed by atoms with Gasteiger partial charge in [0.05, 0.1) is 12.9 Å². The van der Waals surface area contributed by atoms with Crippen LogP contribution in [-0.4, -0.2) is 36.6 Å². The van der Waals surface area contributed by atoms with Crippen LogP contribution in [0.1, 0.15) is 10.4 Å². The molecule has 0 bridgehead atoms. The van der Waals surface area contributed by atoms with Gasteiger partial charge in [0, 0.05) is 6.07 Å². The molecule has 0 aliphatic rings. The first-order chi connectivity index (χ1) is 11.4. The zero-order chi connectivity index (χ0) is 17.3. The first-order valence-corrected chi connectivity index (χ1v) is 7.15. The van der Waals surface area contributed by atoms with E-state index in [1.54, 1.807) is 33.7 Å². The number of aromatic nitrogens is 5. The van der Waals surface area contributed by atoms with E-state index in [9.17, 15) is 9.90 Å². The van der Waals surface area contributed by atoms with Gasteiger partial charge in [-0.1, -0.05) is 0 Å². The van der Waals surface area contributed by atoms with Gasteiger partial charge in [-0.2, -0.15) is 9.97 Å². The molecule has 24 heavy (non-hydrogen) atoms. The predicted molar refractivity (Wildman–Crippen MR) is 85.3 cm³/mol. The third-order valence-electron chi connectivity index (χ3n) is 3.48. The number of hydrogen-bond donors (Lipinski definition) is 4. The van der Waals surface area contributed by atoms with Gasteiger partial charge in [0.2, 0.25) is 5.95 Å². The molecule has 1 atom stereocenters. The number of nitrogens with zero attached hydrogens (tertiary/aromatic N) is 5. The minimum absolute atomic E-state index is 0.0415. The number of fused-ring (bicyclic) bond motifs is 1. The summed E-state index contributed by atoms with van der Waals surface area (Å²) >= 11 is 0. The van der Waals surface area contributed by atoms with E-state index in [2.05, 4.69) is 15.0 Å². The summed E-state index contributed by atoms with van der Waals surface area (Å²) in [5.74, 6) is -0.295. The Bertz CT molecular complexity index is 907. The molecule has 124 valence electrons. The van der Waals surface area contributed by atoms with Crippen LogP contribution in [0.3, 0.4) is 0 Å². The van der Waals surface area contributed by atoms with Crippen molar-refractivity contribution in [3.63, 3.8) is 0 Å². The number of anilines is 2. The number of hydrogen-bond acceptors (Lipinski definition) is 7. The van der Waals surface area contributed by atoms with Crippen LogP contribution in [0.5, 0.6) is 0 Å². The second-order valence-corrected chi connectivity index (χ2v) is 5.34. The van der Waals surface area contributed by atoms with Crippen molar-refractivity contribution in [3.8, 4) is 0 Å². The third kappa shape index (κ3) is 3.08. The lowest BCUT2D eigenvalue weighted by atomic mass is 10.2. The smallest absolute Gasteiger partial charge is 0.254 e. The van der Waals surface area contributed by atoms with Crippen LogP contribution in [-0.2, 0) is 13.1 Å². The molecule has 0 aliphatic carbocycles. The van der Waals surface area contributed by atoms with Crippen molar-refractivity contribution in [2.45, 2.75) is 19.2 Å². The van der Waals surface area contributed by atoms with Crippen LogP contribution in [0.15, 0.2) is 30.9 Å². The first kappa shape index (κ1) is 15.6. The zero-order valence-electron chi connectivity index (χ0n) is 12.7. The van der Waals surface area contributed by atoms with E-state index >= 15 is 0 Å². The first-order valence-electron chi connectivity index (χ1n) is 7.15. The van der Waals surface area contributed by atoms with E-state index in [0.717, 1.165) is 0 Å². The van der Waals surface area contributed by atoms with E-state index < -0.39 is 12.0 Å². The molecular weight excluding hydrogens is 312 g/mol. The minimum atomic E-state index is -0.757. The Kier molecular flexibility index (Phi) is 3.96. The number of amides is 1. The van der Waals surface area contributed by atoms with Crippen molar-refractivity contribution in [1.82, 2.24) is 19.5 Å². The fraction of sp³-hybridized carbons (Fsp3) is 0.214. The number of pyridine rings is 1. The van der Waals surface area contributed by atoms with Gasteiger partial charge in [-0.05, 0) is 6.07 Å². The highest BCUT2D eigenvalue weighted by Crippen LogP contribution is 2.17. The average molecular weight is 329 g/mol. The number of primary amides is 1. The van der Waals surface area contributed by atoms with Crippen LogP contribution in [0.4, 0.5) is 11.8 Å². The molecule has 1 amide bonds. The minimum Gasteiger partial charge on any atom is -0.385 e. The summed E-state index contributed by atoms with van der Waals surface area (Å²) in [6.07, 6.45) is 4.08. The van der Waals surface area contributed by atoms with Gasteiger partial charge in [-0.3, -0.25) is 4.79 Å². The lowest BCUT2D eigenvalue weighted by Crippen LogP contribution is -2.41. The van der Waals surface area contributed by atoms with Gasteiger partial charge in [0.25, 0.3) is 5.91 Å². The van der Waals surface area contributed by atoms with Crippen molar-refractivity contribution in [2.24, 2.45) is 5.73 Å². The van der Waals surface area contributed by atoms with E-state index in [0.29, 0.717) is 16.7 Å². The number of nitrogens with two attached hydrogens (primary N) is 3. The highest BCUT2D eigenvalue weighted by molar-refractivity contribution is 5.92. The SMILES string of the molecule is NC(=O)c1ccc[n+](CC(O)Cn2cnc3c(N)nc(N)nc32)c1. The summed E-state index contributed by atoms with van der Waals surface area (Å²) in [5, 5.41) is 10.3. The normalized spacial score (nSPS) is 12.4. The summed E-state index contributed by atoms with van der Waals surface area (Å²) in [5.41, 5.74) is 17.9. The van der Waals surface area contributed by atoms with Gasteiger partial charge >= 0.3 is 0 Å². The number of carbonyl (C=O) groups excluding carboxylic acids is 1. The number of rotatable bonds is 5. The molecule has 0 aromatic carbocycles. The second-order valence-electron chi connectivity index (χ2n) is 5.34. The molecule has 0 fully saturated rings. The molecule has 3 aromatic rings. The molecule has 0 aliphatic heterocycles. The van der Waals surface area contributed by atoms with E-state index in [1.165, 1.54) is 6.33 Å². The molecule has 3 heterocycles. The number of nitrogen functional groups attached to an aromatic ring is 2. The number of aliphatic hydroxyl groups excluding tert-OH is 1. The van der Waals surface area contributed by atoms with Gasteiger partial charge < -0.3 is 26.9 Å². The maximum absolute atomic E-state index is 11.2. The van der Waals surface area contributed by atoms with Gasteiger partial charge in [0.1, 0.15) is 17.2 Å². The summed E-state index contributed by atoms with van der Waals surface area (Å²) in [7, 11) is 0. The number of imidazole rings is 1. The molecule has 10 heteroatoms. The zero-order valence-corrected chi connectivity index (χ0v) is 12.7. The lowest BCUT2D eigenvalue weighted by Gasteiger charge is -2.09. The van der Waals surface area contributed by atoms with Gasteiger partial charge in [-0.15, -0.1) is 0 Å². The highest BCUT2D eigenvalue weighted by atomic mass is 16.3. The summed E-state index contributed by atoms with van der Waals surface area (Å²) in [4.78, 5) is 23.3. The van der Waals surface area contributed by atoms with E-state index in [1.807, 2.05) is 0 Å². The Labute approximate surface area is 136 Å². The molecule has 0 radical (unpaired) electrons. The Hall–Kier alpha value is -3.27. The molecular formula is C14H17N8O2+. The predicted octanol–water partition coefficient (Wildman–Crippen LogP) is -1.56. The Balaban J connectivity index is 1.79. The third-order valence-corrected chi connectivity index (χ3v) is 3.48. The van der Waals surface area contributed by atoms with Gasteiger partial charge in [-0.25, -0.2) is 9.55 Å². The molecule has 0 spiro atoms. The van der Waals surface area contributed by atoms with Crippen LogP contribution in [0.25, 0.3) is 11.2 Å². The monoisotopic (exact) mass is 329 g/mol. The maximum atomic E-state index is 11.2. The van der Waals surface area contributed by atoms with E-state index in [-0.39, 0.29) is 24.9 Å². The van der Waals surface area contributed by atoms with Crippen LogP contribution in [0, 0.1) is 0 Å². The second kappa shape index (κ2) is 6.08. The Morgan fingerprint density at radius 1 is 1.38 bits per heavy atom. The van der Waals surface area contributed by atoms with Crippen LogP contribution < -0.4 is 21.8 Å². The number of aliphatic hydroxyl groups is 1. The summed E-state index contributed by atoms with van der Waals surface area (Å²) in [6.45, 7) is 0.483. The lowest BCUT2D eigenvalue weighted by molar-refractivity contribution is -0.703. The molecule has 0 saturated heterocycles. The van der Waals surface area contributed by atoms with Crippen LogP contribution in [0.2, 0.25) is 0 Å². The Morgan fingerprint density at radius 2 is 2.17 bits per heavy atom. The molecule has 3 aromatic heterocycles. The van der Waals surface area contributed by atoms with Crippen molar-refractivity contribution >= 4 is 28.8 Å². The van der Waals surface area contributed by atoms with Gasteiger partial charge in [0.15, 0.2) is 30.4 Å². The van der Waals surface area contributed by atoms with Crippen molar-refractivity contribution in [2.75, 3.05) is 11.5 Å². The fourth-order valence-corrected chi connectivity index (χ4v) is 2.43. The fourth-order valence-electron chi connectivity index (χ4n) is 2.43. The van der Waals surface area contributed by atoms with Crippen molar-refractivity contribution in [3.05, 3.63) is 36.4 Å². The maximum Gasteiger partial charge on any atom is 0.254 e. The summed E-state index contributed by atoms with van der Waals surface area (Å²) in [6, 6.07) is 3.30. The summed E-state index contributed by atoms with van der Waals surface area (Å²) < 4.78 is 3.33. The number of carbonyl (C=O) groups is 1. The van der Waals surface area contributed by atoms with Crippen molar-refractivity contribution < 1.29 is 14.5 Å². The molecule has 3 rings (SSSR count). The molecule has 0 saturated carbocycles. The molecule has 1 unspecified atom stereocenters. The highest BCUT2D eigenvalue weighted by Gasteiger charge is 2.17. The Morgan fingerprint density at radius 3 is 2.92 bits per heavy atom. The molecule has 10 nitrogen and oxygen atoms in total. The quantitative estimate of drug-likeness (QED) is 0.411. The van der Waals surface area contributed by atoms with Crippen LogP contribution >= 0.6 is 0 Å².